The molecule has 0 spiro atoms. The van der Waals surface area contributed by atoms with E-state index in [9.17, 15) is 4.39 Å². The first-order chi connectivity index (χ1) is 13.8. The molecule has 2 heterocycles. The molecule has 146 valence electrons. The molecule has 0 bridgehead atoms. The van der Waals surface area contributed by atoms with Crippen LogP contribution in [0.15, 0.2) is 48.5 Å². The second-order valence-corrected chi connectivity index (χ2v) is 6.73. The van der Waals surface area contributed by atoms with Crippen LogP contribution in [-0.2, 0) is 4.74 Å². The molecule has 1 N–H and O–H groups in total. The normalized spacial score (nSPS) is 14.5. The average molecular weight is 381 g/mol. The number of aromatic nitrogens is 2. The molecular formula is C21H24FN5O. The number of benzene rings is 2. The summed E-state index contributed by atoms with van der Waals surface area (Å²) in [4.78, 5) is 13.8. The number of nitrogens with zero attached hydrogens (tertiary/aromatic N) is 4. The third-order valence-corrected chi connectivity index (χ3v) is 4.95. The second-order valence-electron chi connectivity index (χ2n) is 6.73. The Morgan fingerprint density at radius 2 is 1.68 bits per heavy atom. The monoisotopic (exact) mass is 381 g/mol. The fourth-order valence-electron chi connectivity index (χ4n) is 3.47. The zero-order valence-corrected chi connectivity index (χ0v) is 15.9. The van der Waals surface area contributed by atoms with Gasteiger partial charge in [-0.05, 0) is 24.3 Å². The Hall–Kier alpha value is -2.93. The number of halogens is 1. The van der Waals surface area contributed by atoms with Crippen molar-refractivity contribution in [3.05, 3.63) is 54.3 Å². The van der Waals surface area contributed by atoms with Gasteiger partial charge in [0.15, 0.2) is 0 Å². The van der Waals surface area contributed by atoms with Gasteiger partial charge in [0.2, 0.25) is 5.95 Å². The van der Waals surface area contributed by atoms with Crippen LogP contribution in [0.1, 0.15) is 0 Å². The first-order valence-electron chi connectivity index (χ1n) is 9.50. The van der Waals surface area contributed by atoms with E-state index in [-0.39, 0.29) is 5.82 Å². The van der Waals surface area contributed by atoms with Gasteiger partial charge in [0, 0.05) is 45.2 Å². The SMILES string of the molecule is COCCNc1nc(N2CCN(c3ccccc3F)CC2)nc2ccccc12. The van der Waals surface area contributed by atoms with Crippen LogP contribution in [0.5, 0.6) is 0 Å². The van der Waals surface area contributed by atoms with E-state index in [0.717, 1.165) is 42.9 Å². The Kier molecular flexibility index (Phi) is 5.53. The van der Waals surface area contributed by atoms with Crippen LogP contribution in [0.3, 0.4) is 0 Å². The van der Waals surface area contributed by atoms with Crippen LogP contribution in [0.4, 0.5) is 21.8 Å². The first-order valence-corrected chi connectivity index (χ1v) is 9.50. The second kappa shape index (κ2) is 8.39. The molecule has 0 aliphatic carbocycles. The average Bonchev–Trinajstić information content (AvgIpc) is 2.74. The maximum atomic E-state index is 14.1. The summed E-state index contributed by atoms with van der Waals surface area (Å²) >= 11 is 0. The van der Waals surface area contributed by atoms with Crippen molar-refractivity contribution in [3.63, 3.8) is 0 Å². The largest absolute Gasteiger partial charge is 0.383 e. The summed E-state index contributed by atoms with van der Waals surface area (Å²) in [6, 6.07) is 14.9. The molecule has 7 heteroatoms. The predicted molar refractivity (Wildman–Crippen MR) is 111 cm³/mol. The van der Waals surface area contributed by atoms with Gasteiger partial charge in [0.1, 0.15) is 11.6 Å². The number of nitrogens with one attached hydrogen (secondary N) is 1. The van der Waals surface area contributed by atoms with Crippen molar-refractivity contribution >= 4 is 28.4 Å². The highest BCUT2D eigenvalue weighted by atomic mass is 19.1. The number of anilines is 3. The highest BCUT2D eigenvalue weighted by Gasteiger charge is 2.22. The molecular weight excluding hydrogens is 357 g/mol. The number of methoxy groups -OCH3 is 1. The minimum atomic E-state index is -0.178. The van der Waals surface area contributed by atoms with Crippen LogP contribution in [0, 0.1) is 5.82 Å². The number of ether oxygens (including phenoxy) is 1. The Labute approximate surface area is 164 Å². The maximum absolute atomic E-state index is 14.1. The maximum Gasteiger partial charge on any atom is 0.228 e. The number of piperazine rings is 1. The van der Waals surface area contributed by atoms with Gasteiger partial charge in [-0.25, -0.2) is 9.37 Å². The van der Waals surface area contributed by atoms with Crippen LogP contribution in [0.25, 0.3) is 10.9 Å². The number of para-hydroxylation sites is 2. The summed E-state index contributed by atoms with van der Waals surface area (Å²) in [5.41, 5.74) is 1.56. The molecule has 1 saturated heterocycles. The van der Waals surface area contributed by atoms with Crippen molar-refractivity contribution < 1.29 is 9.13 Å². The molecule has 1 aromatic heterocycles. The quantitative estimate of drug-likeness (QED) is 0.662. The van der Waals surface area contributed by atoms with Crippen LogP contribution in [0.2, 0.25) is 0 Å². The number of hydrogen-bond acceptors (Lipinski definition) is 6. The number of rotatable bonds is 6. The molecule has 6 nitrogen and oxygen atoms in total. The molecule has 0 radical (unpaired) electrons. The number of fused-ring (bicyclic) bond motifs is 1. The topological polar surface area (TPSA) is 53.5 Å². The summed E-state index contributed by atoms with van der Waals surface area (Å²) in [6.07, 6.45) is 0. The standard InChI is InChI=1S/C21H24FN5O/c1-28-15-10-23-20-16-6-2-4-8-18(16)24-21(25-20)27-13-11-26(12-14-27)19-9-5-3-7-17(19)22/h2-9H,10-15H2,1H3,(H,23,24,25). The van der Waals surface area contributed by atoms with E-state index >= 15 is 0 Å². The molecule has 4 rings (SSSR count). The highest BCUT2D eigenvalue weighted by Crippen LogP contribution is 2.25. The summed E-state index contributed by atoms with van der Waals surface area (Å²) < 4.78 is 19.2. The predicted octanol–water partition coefficient (Wildman–Crippen LogP) is 3.15. The number of hydrogen-bond donors (Lipinski definition) is 1. The third kappa shape index (κ3) is 3.84. The van der Waals surface area contributed by atoms with Gasteiger partial charge in [-0.1, -0.05) is 24.3 Å². The Morgan fingerprint density at radius 1 is 0.964 bits per heavy atom. The van der Waals surface area contributed by atoms with E-state index in [2.05, 4.69) is 15.1 Å². The molecule has 2 aromatic carbocycles. The van der Waals surface area contributed by atoms with Crippen LogP contribution in [-0.4, -0.2) is 56.4 Å². The lowest BCUT2D eigenvalue weighted by Crippen LogP contribution is -2.47. The third-order valence-electron chi connectivity index (χ3n) is 4.95. The van der Waals surface area contributed by atoms with Gasteiger partial charge in [-0.15, -0.1) is 0 Å². The molecule has 1 aliphatic rings. The molecule has 0 atom stereocenters. The lowest BCUT2D eigenvalue weighted by molar-refractivity contribution is 0.210. The molecule has 0 amide bonds. The van der Waals surface area contributed by atoms with Gasteiger partial charge in [0.25, 0.3) is 0 Å². The van der Waals surface area contributed by atoms with Crippen molar-refractivity contribution in [2.45, 2.75) is 0 Å². The lowest BCUT2D eigenvalue weighted by atomic mass is 10.2. The molecule has 28 heavy (non-hydrogen) atoms. The Morgan fingerprint density at radius 3 is 2.46 bits per heavy atom. The van der Waals surface area contributed by atoms with Crippen LogP contribution >= 0.6 is 0 Å². The highest BCUT2D eigenvalue weighted by molar-refractivity contribution is 5.90. The summed E-state index contributed by atoms with van der Waals surface area (Å²) in [5.74, 6) is 1.34. The lowest BCUT2D eigenvalue weighted by Gasteiger charge is -2.36. The summed E-state index contributed by atoms with van der Waals surface area (Å²) in [7, 11) is 1.68. The fourth-order valence-corrected chi connectivity index (χ4v) is 3.47. The minimum absolute atomic E-state index is 0.178. The van der Waals surface area contributed by atoms with E-state index in [4.69, 9.17) is 14.7 Å². The minimum Gasteiger partial charge on any atom is -0.383 e. The van der Waals surface area contributed by atoms with E-state index < -0.39 is 0 Å². The molecule has 1 aliphatic heterocycles. The van der Waals surface area contributed by atoms with Gasteiger partial charge in [-0.2, -0.15) is 4.98 Å². The Bertz CT molecular complexity index is 943. The fraction of sp³-hybridized carbons (Fsp3) is 0.333. The zero-order chi connectivity index (χ0) is 19.3. The Balaban J connectivity index is 1.54. The van der Waals surface area contributed by atoms with Gasteiger partial charge < -0.3 is 19.9 Å². The van der Waals surface area contributed by atoms with Gasteiger partial charge in [0.05, 0.1) is 17.8 Å². The smallest absolute Gasteiger partial charge is 0.228 e. The van der Waals surface area contributed by atoms with Gasteiger partial charge in [-0.3, -0.25) is 0 Å². The summed E-state index contributed by atoms with van der Waals surface area (Å²) in [6.45, 7) is 4.22. The van der Waals surface area contributed by atoms with Crippen LogP contribution < -0.4 is 15.1 Å². The van der Waals surface area contributed by atoms with E-state index in [0.29, 0.717) is 24.8 Å². The van der Waals surface area contributed by atoms with Crippen molar-refractivity contribution in [2.24, 2.45) is 0 Å². The van der Waals surface area contributed by atoms with Crippen molar-refractivity contribution in [1.82, 2.24) is 9.97 Å². The summed E-state index contributed by atoms with van der Waals surface area (Å²) in [5, 5.41) is 4.34. The van der Waals surface area contributed by atoms with E-state index in [1.54, 1.807) is 13.2 Å². The molecule has 0 saturated carbocycles. The first kappa shape index (κ1) is 18.4. The molecule has 3 aromatic rings. The molecule has 0 unspecified atom stereocenters. The molecule has 1 fully saturated rings. The van der Waals surface area contributed by atoms with Gasteiger partial charge >= 0.3 is 0 Å². The van der Waals surface area contributed by atoms with Crippen molar-refractivity contribution in [1.29, 1.82) is 0 Å². The van der Waals surface area contributed by atoms with E-state index in [1.807, 2.05) is 36.4 Å². The van der Waals surface area contributed by atoms with Crippen molar-refractivity contribution in [2.75, 3.05) is 61.6 Å². The zero-order valence-electron chi connectivity index (χ0n) is 15.9. The van der Waals surface area contributed by atoms with E-state index in [1.165, 1.54) is 6.07 Å². The van der Waals surface area contributed by atoms with Crippen molar-refractivity contribution in [3.8, 4) is 0 Å².